The average Bonchev–Trinajstić information content (AvgIpc) is 2.78. The van der Waals surface area contributed by atoms with Crippen LogP contribution in [0.3, 0.4) is 0 Å². The number of hydrogen-bond donors (Lipinski definition) is 1. The topological polar surface area (TPSA) is 9.23 Å². The Morgan fingerprint density at radius 3 is 1.84 bits per heavy atom. The summed E-state index contributed by atoms with van der Waals surface area (Å²) in [4.78, 5) is 0. The SMILES string of the molecule is Cc1c(F)cc(OC(F)(F)c2ccc(-c3ccc(C4CCC(S)CC4)cc3)cc2)cc1F. The van der Waals surface area contributed by atoms with Crippen molar-refractivity contribution in [2.75, 3.05) is 0 Å². The molecule has 1 aliphatic rings. The summed E-state index contributed by atoms with van der Waals surface area (Å²) in [6.07, 6.45) is 0.769. The van der Waals surface area contributed by atoms with E-state index in [4.69, 9.17) is 0 Å². The highest BCUT2D eigenvalue weighted by molar-refractivity contribution is 7.80. The van der Waals surface area contributed by atoms with E-state index in [1.54, 1.807) is 12.1 Å². The third kappa shape index (κ3) is 4.96. The van der Waals surface area contributed by atoms with Gasteiger partial charge < -0.3 is 4.74 Å². The van der Waals surface area contributed by atoms with Crippen LogP contribution < -0.4 is 4.74 Å². The monoisotopic (exact) mass is 460 g/mol. The smallest absolute Gasteiger partial charge is 0.426 e. The minimum atomic E-state index is -3.73. The van der Waals surface area contributed by atoms with Crippen molar-refractivity contribution in [1.29, 1.82) is 0 Å². The molecule has 0 bridgehead atoms. The van der Waals surface area contributed by atoms with Gasteiger partial charge in [0.15, 0.2) is 0 Å². The first kappa shape index (κ1) is 22.7. The van der Waals surface area contributed by atoms with Gasteiger partial charge in [0.05, 0.1) is 5.56 Å². The Bertz CT molecular complexity index is 1050. The zero-order valence-corrected chi connectivity index (χ0v) is 18.5. The summed E-state index contributed by atoms with van der Waals surface area (Å²) >= 11 is 4.55. The molecule has 168 valence electrons. The minimum Gasteiger partial charge on any atom is -0.429 e. The van der Waals surface area contributed by atoms with E-state index in [1.165, 1.54) is 24.6 Å². The van der Waals surface area contributed by atoms with Crippen molar-refractivity contribution in [2.24, 2.45) is 0 Å². The van der Waals surface area contributed by atoms with Crippen LogP contribution in [0.2, 0.25) is 0 Å². The zero-order valence-electron chi connectivity index (χ0n) is 17.6. The Morgan fingerprint density at radius 2 is 1.31 bits per heavy atom. The molecule has 0 spiro atoms. The second-order valence-corrected chi connectivity index (χ2v) is 9.07. The highest BCUT2D eigenvalue weighted by atomic mass is 32.1. The second-order valence-electron chi connectivity index (χ2n) is 8.34. The Kier molecular flexibility index (Phi) is 6.52. The summed E-state index contributed by atoms with van der Waals surface area (Å²) in [5.41, 5.74) is 2.37. The summed E-state index contributed by atoms with van der Waals surface area (Å²) in [6, 6.07) is 15.4. The van der Waals surface area contributed by atoms with Gasteiger partial charge in [-0.05, 0) is 67.3 Å². The largest absolute Gasteiger partial charge is 0.429 e. The van der Waals surface area contributed by atoms with Gasteiger partial charge in [0, 0.05) is 22.9 Å². The van der Waals surface area contributed by atoms with Crippen LogP contribution in [0.4, 0.5) is 17.6 Å². The third-order valence-electron chi connectivity index (χ3n) is 6.13. The molecular formula is C26H24F4OS. The minimum absolute atomic E-state index is 0.245. The Hall–Kier alpha value is -2.47. The number of ether oxygens (including phenoxy) is 1. The molecule has 1 fully saturated rings. The van der Waals surface area contributed by atoms with Gasteiger partial charge in [0.25, 0.3) is 0 Å². The predicted molar refractivity (Wildman–Crippen MR) is 121 cm³/mol. The van der Waals surface area contributed by atoms with Gasteiger partial charge in [-0.15, -0.1) is 0 Å². The van der Waals surface area contributed by atoms with Crippen LogP contribution in [0.1, 0.15) is 48.3 Å². The number of thiol groups is 1. The first-order chi connectivity index (χ1) is 15.2. The van der Waals surface area contributed by atoms with E-state index in [-0.39, 0.29) is 5.56 Å². The lowest BCUT2D eigenvalue weighted by molar-refractivity contribution is -0.185. The normalized spacial score (nSPS) is 19.1. The molecule has 0 heterocycles. The van der Waals surface area contributed by atoms with E-state index in [9.17, 15) is 17.6 Å². The van der Waals surface area contributed by atoms with Crippen LogP contribution in [-0.2, 0) is 6.11 Å². The molecule has 3 aromatic rings. The van der Waals surface area contributed by atoms with E-state index in [0.29, 0.717) is 11.2 Å². The highest BCUT2D eigenvalue weighted by Gasteiger charge is 2.35. The van der Waals surface area contributed by atoms with Crippen LogP contribution in [0.5, 0.6) is 5.75 Å². The van der Waals surface area contributed by atoms with Gasteiger partial charge in [-0.2, -0.15) is 21.4 Å². The molecule has 1 nitrogen and oxygen atoms in total. The van der Waals surface area contributed by atoms with Crippen LogP contribution >= 0.6 is 12.6 Å². The van der Waals surface area contributed by atoms with E-state index < -0.39 is 29.1 Å². The van der Waals surface area contributed by atoms with Crippen LogP contribution in [0.25, 0.3) is 11.1 Å². The van der Waals surface area contributed by atoms with Crippen LogP contribution in [0.15, 0.2) is 60.7 Å². The maximum absolute atomic E-state index is 14.6. The van der Waals surface area contributed by atoms with Crippen molar-refractivity contribution in [3.63, 3.8) is 0 Å². The predicted octanol–water partition coefficient (Wildman–Crippen LogP) is 8.02. The van der Waals surface area contributed by atoms with E-state index in [0.717, 1.165) is 48.9 Å². The Labute approximate surface area is 190 Å². The highest BCUT2D eigenvalue weighted by Crippen LogP contribution is 2.36. The molecule has 0 atom stereocenters. The fourth-order valence-corrected chi connectivity index (χ4v) is 4.40. The molecule has 0 amide bonds. The molecule has 0 unspecified atom stereocenters. The molecule has 0 aromatic heterocycles. The maximum atomic E-state index is 14.6. The number of halogens is 4. The molecule has 1 saturated carbocycles. The van der Waals surface area contributed by atoms with Gasteiger partial charge in [-0.25, -0.2) is 8.78 Å². The lowest BCUT2D eigenvalue weighted by Crippen LogP contribution is -2.22. The number of rotatable bonds is 5. The first-order valence-corrected chi connectivity index (χ1v) is 11.2. The van der Waals surface area contributed by atoms with Gasteiger partial charge in [-0.3, -0.25) is 0 Å². The molecule has 6 heteroatoms. The molecule has 0 aliphatic heterocycles. The maximum Gasteiger partial charge on any atom is 0.426 e. The van der Waals surface area contributed by atoms with Crippen molar-refractivity contribution in [3.05, 3.63) is 89.0 Å². The lowest BCUT2D eigenvalue weighted by Gasteiger charge is -2.26. The van der Waals surface area contributed by atoms with E-state index >= 15 is 0 Å². The van der Waals surface area contributed by atoms with Gasteiger partial charge >= 0.3 is 6.11 Å². The molecule has 0 N–H and O–H groups in total. The summed E-state index contributed by atoms with van der Waals surface area (Å²) in [5.74, 6) is -1.90. The first-order valence-electron chi connectivity index (χ1n) is 10.6. The quantitative estimate of drug-likeness (QED) is 0.300. The zero-order chi connectivity index (χ0) is 22.9. The average molecular weight is 461 g/mol. The Morgan fingerprint density at radius 1 is 0.812 bits per heavy atom. The van der Waals surface area contributed by atoms with Crippen molar-refractivity contribution in [1.82, 2.24) is 0 Å². The molecular weight excluding hydrogens is 436 g/mol. The fourth-order valence-electron chi connectivity index (χ4n) is 4.10. The van der Waals surface area contributed by atoms with Gasteiger partial charge in [0.2, 0.25) is 0 Å². The molecule has 32 heavy (non-hydrogen) atoms. The van der Waals surface area contributed by atoms with Crippen LogP contribution in [-0.4, -0.2) is 5.25 Å². The molecule has 0 radical (unpaired) electrons. The number of alkyl halides is 2. The van der Waals surface area contributed by atoms with Crippen LogP contribution in [0, 0.1) is 18.6 Å². The molecule has 1 aliphatic carbocycles. The number of hydrogen-bond acceptors (Lipinski definition) is 2. The standard InChI is InChI=1S/C26H24F4OS/c1-16-24(27)14-22(15-25(16)28)31-26(29,30)21-10-6-19(7-11-21)17-2-4-18(5-3-17)20-8-12-23(32)13-9-20/h2-7,10-11,14-15,20,23,32H,8-9,12-13H2,1H3. The van der Waals surface area contributed by atoms with E-state index in [2.05, 4.69) is 29.5 Å². The van der Waals surface area contributed by atoms with Gasteiger partial charge in [-0.1, -0.05) is 36.4 Å². The molecule has 4 rings (SSSR count). The summed E-state index contributed by atoms with van der Waals surface area (Å²) in [5, 5.41) is 0.496. The Balaban J connectivity index is 1.47. The van der Waals surface area contributed by atoms with E-state index in [1.807, 2.05) is 12.1 Å². The summed E-state index contributed by atoms with van der Waals surface area (Å²) < 4.78 is 61.0. The summed E-state index contributed by atoms with van der Waals surface area (Å²) in [7, 11) is 0. The van der Waals surface area contributed by atoms with Crippen molar-refractivity contribution < 1.29 is 22.3 Å². The fraction of sp³-hybridized carbons (Fsp3) is 0.308. The van der Waals surface area contributed by atoms with Gasteiger partial charge in [0.1, 0.15) is 17.4 Å². The summed E-state index contributed by atoms with van der Waals surface area (Å²) in [6.45, 7) is 1.23. The number of benzene rings is 3. The molecule has 0 saturated heterocycles. The van der Waals surface area contributed by atoms with Crippen molar-refractivity contribution in [3.8, 4) is 16.9 Å². The second kappa shape index (κ2) is 9.18. The molecule has 3 aromatic carbocycles. The van der Waals surface area contributed by atoms with Crippen molar-refractivity contribution >= 4 is 12.6 Å². The third-order valence-corrected chi connectivity index (χ3v) is 6.65. The van der Waals surface area contributed by atoms with Crippen molar-refractivity contribution in [2.45, 2.75) is 49.9 Å². The lowest BCUT2D eigenvalue weighted by atomic mass is 9.83.